The SMILES string of the molecule is Cc1cc(C)cc(NC(=O)COC(=O)CCCc2cccs2)c1. The molecule has 2 aromatic rings. The highest BCUT2D eigenvalue weighted by Gasteiger charge is 2.08. The van der Waals surface area contributed by atoms with Crippen molar-refractivity contribution >= 4 is 28.9 Å². The fraction of sp³-hybridized carbons (Fsp3) is 0.333. The molecule has 0 saturated heterocycles. The van der Waals surface area contributed by atoms with E-state index in [9.17, 15) is 9.59 Å². The predicted octanol–water partition coefficient (Wildman–Crippen LogP) is 3.87. The summed E-state index contributed by atoms with van der Waals surface area (Å²) in [6, 6.07) is 9.84. The minimum absolute atomic E-state index is 0.245. The maximum absolute atomic E-state index is 11.8. The zero-order valence-electron chi connectivity index (χ0n) is 13.4. The monoisotopic (exact) mass is 331 g/mol. The number of carbonyl (C=O) groups excluding carboxylic acids is 2. The second kappa shape index (κ2) is 8.48. The summed E-state index contributed by atoms with van der Waals surface area (Å²) < 4.78 is 5.01. The zero-order valence-corrected chi connectivity index (χ0v) is 14.2. The molecule has 0 radical (unpaired) electrons. The van der Waals surface area contributed by atoms with Crippen molar-refractivity contribution in [1.82, 2.24) is 0 Å². The minimum Gasteiger partial charge on any atom is -0.456 e. The van der Waals surface area contributed by atoms with Gasteiger partial charge in [0.15, 0.2) is 6.61 Å². The van der Waals surface area contributed by atoms with E-state index in [4.69, 9.17) is 4.74 Å². The van der Waals surface area contributed by atoms with Crippen LogP contribution < -0.4 is 5.32 Å². The van der Waals surface area contributed by atoms with E-state index in [0.717, 1.165) is 29.7 Å². The van der Waals surface area contributed by atoms with Crippen LogP contribution in [0.1, 0.15) is 28.8 Å². The Kier molecular flexibility index (Phi) is 6.35. The molecule has 0 spiro atoms. The standard InChI is InChI=1S/C18H21NO3S/c1-13-9-14(2)11-15(10-13)19-17(20)12-22-18(21)7-3-5-16-6-4-8-23-16/h4,6,8-11H,3,5,7,12H2,1-2H3,(H,19,20). The molecule has 0 fully saturated rings. The summed E-state index contributed by atoms with van der Waals surface area (Å²) in [7, 11) is 0. The number of hydrogen-bond donors (Lipinski definition) is 1. The normalized spacial score (nSPS) is 10.3. The first kappa shape index (κ1) is 17.2. The Hall–Kier alpha value is -2.14. The summed E-state index contributed by atoms with van der Waals surface area (Å²) in [5.41, 5.74) is 2.87. The van der Waals surface area contributed by atoms with Crippen molar-refractivity contribution in [3.05, 3.63) is 51.7 Å². The summed E-state index contributed by atoms with van der Waals surface area (Å²) in [5.74, 6) is -0.654. The molecular formula is C18H21NO3S. The number of carbonyl (C=O) groups is 2. The Morgan fingerprint density at radius 1 is 1.17 bits per heavy atom. The van der Waals surface area contributed by atoms with Gasteiger partial charge >= 0.3 is 5.97 Å². The quantitative estimate of drug-likeness (QED) is 0.784. The van der Waals surface area contributed by atoms with Gasteiger partial charge in [0.2, 0.25) is 0 Å². The highest BCUT2D eigenvalue weighted by molar-refractivity contribution is 7.09. The fourth-order valence-electron chi connectivity index (χ4n) is 2.32. The lowest BCUT2D eigenvalue weighted by atomic mass is 10.1. The van der Waals surface area contributed by atoms with Gasteiger partial charge in [0, 0.05) is 17.0 Å². The topological polar surface area (TPSA) is 55.4 Å². The van der Waals surface area contributed by atoms with E-state index in [1.54, 1.807) is 11.3 Å². The third-order valence-electron chi connectivity index (χ3n) is 3.25. The number of benzene rings is 1. The maximum Gasteiger partial charge on any atom is 0.306 e. The number of anilines is 1. The van der Waals surface area contributed by atoms with E-state index < -0.39 is 0 Å². The van der Waals surface area contributed by atoms with Crippen molar-refractivity contribution < 1.29 is 14.3 Å². The molecule has 0 bridgehead atoms. The first-order chi connectivity index (χ1) is 11.0. The first-order valence-corrected chi connectivity index (χ1v) is 8.47. The van der Waals surface area contributed by atoms with Crippen LogP contribution in [0.15, 0.2) is 35.7 Å². The molecule has 4 nitrogen and oxygen atoms in total. The van der Waals surface area contributed by atoms with Gasteiger partial charge < -0.3 is 10.1 Å². The van der Waals surface area contributed by atoms with Gasteiger partial charge in [0.05, 0.1) is 0 Å². The molecule has 0 aliphatic heterocycles. The number of thiophene rings is 1. The lowest BCUT2D eigenvalue weighted by Crippen LogP contribution is -2.21. The van der Waals surface area contributed by atoms with Gasteiger partial charge in [-0.05, 0) is 61.4 Å². The lowest BCUT2D eigenvalue weighted by molar-refractivity contribution is -0.147. The van der Waals surface area contributed by atoms with Crippen LogP contribution in [-0.4, -0.2) is 18.5 Å². The van der Waals surface area contributed by atoms with Crippen LogP contribution in [0.4, 0.5) is 5.69 Å². The Morgan fingerprint density at radius 3 is 2.57 bits per heavy atom. The van der Waals surface area contributed by atoms with E-state index in [1.165, 1.54) is 4.88 Å². The summed E-state index contributed by atoms with van der Waals surface area (Å²) in [6.45, 7) is 3.69. The summed E-state index contributed by atoms with van der Waals surface area (Å²) in [5, 5.41) is 4.76. The highest BCUT2D eigenvalue weighted by atomic mass is 32.1. The van der Waals surface area contributed by atoms with Crippen molar-refractivity contribution in [3.8, 4) is 0 Å². The molecule has 1 aromatic carbocycles. The molecule has 2 rings (SSSR count). The van der Waals surface area contributed by atoms with Gasteiger partial charge in [-0.25, -0.2) is 0 Å². The van der Waals surface area contributed by atoms with Gasteiger partial charge in [0.25, 0.3) is 5.91 Å². The Bertz CT molecular complexity index is 645. The van der Waals surface area contributed by atoms with Crippen molar-refractivity contribution in [1.29, 1.82) is 0 Å². The number of ether oxygens (including phenoxy) is 1. The van der Waals surface area contributed by atoms with E-state index in [1.807, 2.05) is 49.6 Å². The van der Waals surface area contributed by atoms with E-state index >= 15 is 0 Å². The van der Waals surface area contributed by atoms with E-state index in [2.05, 4.69) is 5.32 Å². The molecule has 5 heteroatoms. The van der Waals surface area contributed by atoms with Gasteiger partial charge in [-0.1, -0.05) is 12.1 Å². The van der Waals surface area contributed by atoms with Gasteiger partial charge in [-0.15, -0.1) is 11.3 Å². The van der Waals surface area contributed by atoms with Crippen LogP contribution in [0, 0.1) is 13.8 Å². The molecule has 0 aliphatic rings. The van der Waals surface area contributed by atoms with Crippen LogP contribution >= 0.6 is 11.3 Å². The molecule has 1 amide bonds. The maximum atomic E-state index is 11.8. The molecule has 0 unspecified atom stereocenters. The summed E-state index contributed by atoms with van der Waals surface area (Å²) >= 11 is 1.68. The van der Waals surface area contributed by atoms with Crippen molar-refractivity contribution in [3.63, 3.8) is 0 Å². The van der Waals surface area contributed by atoms with Crippen LogP contribution in [0.3, 0.4) is 0 Å². The number of hydrogen-bond acceptors (Lipinski definition) is 4. The lowest BCUT2D eigenvalue weighted by Gasteiger charge is -2.08. The first-order valence-electron chi connectivity index (χ1n) is 7.59. The Balaban J connectivity index is 1.68. The molecule has 1 N–H and O–H groups in total. The number of aryl methyl sites for hydroxylation is 3. The average Bonchev–Trinajstić information content (AvgIpc) is 2.97. The molecule has 1 heterocycles. The largest absolute Gasteiger partial charge is 0.456 e. The number of esters is 1. The van der Waals surface area contributed by atoms with E-state index in [-0.39, 0.29) is 18.5 Å². The Labute approximate surface area is 140 Å². The number of nitrogens with one attached hydrogen (secondary N) is 1. The number of rotatable bonds is 7. The smallest absolute Gasteiger partial charge is 0.306 e. The molecule has 0 saturated carbocycles. The number of amides is 1. The van der Waals surface area contributed by atoms with E-state index in [0.29, 0.717) is 6.42 Å². The minimum atomic E-state index is -0.336. The van der Waals surface area contributed by atoms with Gasteiger partial charge in [-0.2, -0.15) is 0 Å². The summed E-state index contributed by atoms with van der Waals surface area (Å²) in [6.07, 6.45) is 1.92. The highest BCUT2D eigenvalue weighted by Crippen LogP contribution is 2.14. The predicted molar refractivity (Wildman–Crippen MR) is 92.8 cm³/mol. The summed E-state index contributed by atoms with van der Waals surface area (Å²) in [4.78, 5) is 24.7. The molecule has 1 aromatic heterocycles. The molecule has 23 heavy (non-hydrogen) atoms. The van der Waals surface area contributed by atoms with Crippen molar-refractivity contribution in [2.75, 3.05) is 11.9 Å². The second-order valence-corrected chi connectivity index (χ2v) is 6.55. The fourth-order valence-corrected chi connectivity index (χ4v) is 3.08. The second-order valence-electron chi connectivity index (χ2n) is 5.52. The zero-order chi connectivity index (χ0) is 16.7. The van der Waals surface area contributed by atoms with Crippen molar-refractivity contribution in [2.45, 2.75) is 33.1 Å². The Morgan fingerprint density at radius 2 is 1.91 bits per heavy atom. The molecular weight excluding hydrogens is 310 g/mol. The third kappa shape index (κ3) is 6.24. The molecule has 0 atom stereocenters. The van der Waals surface area contributed by atoms with Crippen LogP contribution in [-0.2, 0) is 20.7 Å². The average molecular weight is 331 g/mol. The molecule has 0 aliphatic carbocycles. The van der Waals surface area contributed by atoms with Gasteiger partial charge in [-0.3, -0.25) is 9.59 Å². The van der Waals surface area contributed by atoms with Crippen LogP contribution in [0.2, 0.25) is 0 Å². The van der Waals surface area contributed by atoms with Crippen LogP contribution in [0.5, 0.6) is 0 Å². The van der Waals surface area contributed by atoms with Crippen molar-refractivity contribution in [2.24, 2.45) is 0 Å². The van der Waals surface area contributed by atoms with Crippen LogP contribution in [0.25, 0.3) is 0 Å². The third-order valence-corrected chi connectivity index (χ3v) is 4.19. The molecule has 122 valence electrons. The van der Waals surface area contributed by atoms with Gasteiger partial charge in [0.1, 0.15) is 0 Å².